The first-order valence-corrected chi connectivity index (χ1v) is 13.2. The first kappa shape index (κ1) is 30.2. The predicted molar refractivity (Wildman–Crippen MR) is 113 cm³/mol. The fourth-order valence-corrected chi connectivity index (χ4v) is 6.29. The van der Waals surface area contributed by atoms with Crippen molar-refractivity contribution in [1.82, 2.24) is 0 Å². The van der Waals surface area contributed by atoms with E-state index in [9.17, 15) is 14.7 Å². The van der Waals surface area contributed by atoms with Gasteiger partial charge in [-0.25, -0.2) is 0 Å². The maximum Gasteiger partial charge on any atom is 1.00 e. The molecule has 29 heavy (non-hydrogen) atoms. The van der Waals surface area contributed by atoms with Crippen molar-refractivity contribution in [2.45, 2.75) is 51.4 Å². The molecule has 2 aromatic carbocycles. The Balaban J connectivity index is 0.00000392. The van der Waals surface area contributed by atoms with E-state index in [1.165, 1.54) is 42.5 Å². The zero-order valence-corrected chi connectivity index (χ0v) is 23.8. The van der Waals surface area contributed by atoms with Crippen molar-refractivity contribution in [3.63, 3.8) is 0 Å². The topological polar surface area (TPSA) is 69.2 Å². The van der Waals surface area contributed by atoms with Crippen molar-refractivity contribution in [1.29, 1.82) is 0 Å². The minimum absolute atomic E-state index is 0. The zero-order valence-electron chi connectivity index (χ0n) is 18.0. The number of unbranched alkanes of at least 4 members (excludes halogenated alkanes) is 7. The molecule has 148 valence electrons. The van der Waals surface area contributed by atoms with E-state index >= 15 is 0 Å². The third kappa shape index (κ3) is 14.0. The molecule has 0 spiro atoms. The van der Waals surface area contributed by atoms with E-state index in [1.807, 2.05) is 0 Å². The minimum atomic E-state index is -4.29. The van der Waals surface area contributed by atoms with Gasteiger partial charge in [0.25, 0.3) is 0 Å². The average Bonchev–Trinajstić information content (AvgIpc) is 2.67. The summed E-state index contributed by atoms with van der Waals surface area (Å²) in [7, 11) is -4.58. The summed E-state index contributed by atoms with van der Waals surface area (Å²) in [4.78, 5) is 31.7. The van der Waals surface area contributed by atoms with Crippen molar-refractivity contribution in [3.05, 3.63) is 60.7 Å². The maximum atomic E-state index is 10.6. The normalized spacial score (nSPS) is 11.0. The van der Waals surface area contributed by atoms with Crippen LogP contribution in [0.2, 0.25) is 0 Å². The summed E-state index contributed by atoms with van der Waals surface area (Å²) in [6, 6.07) is 21.7. The molecule has 7 heteroatoms. The molecular formula is C22H30Na2O3P2. The van der Waals surface area contributed by atoms with Gasteiger partial charge in [-0.2, -0.15) is 7.94 Å². The van der Waals surface area contributed by atoms with Gasteiger partial charge in [0.2, 0.25) is 0 Å². The third-order valence-corrected chi connectivity index (χ3v) is 8.17. The molecule has 0 bridgehead atoms. The van der Waals surface area contributed by atoms with Crippen LogP contribution in [0, 0.1) is 0 Å². The van der Waals surface area contributed by atoms with E-state index in [2.05, 4.69) is 60.7 Å². The second-order valence-electron chi connectivity index (χ2n) is 6.99. The van der Waals surface area contributed by atoms with Crippen molar-refractivity contribution in [2.24, 2.45) is 0 Å². The molecule has 0 atom stereocenters. The van der Waals surface area contributed by atoms with Crippen molar-refractivity contribution in [3.8, 4) is 0 Å². The monoisotopic (exact) mass is 450 g/mol. The van der Waals surface area contributed by atoms with Gasteiger partial charge in [-0.1, -0.05) is 92.8 Å². The first-order valence-electron chi connectivity index (χ1n) is 9.95. The van der Waals surface area contributed by atoms with Gasteiger partial charge in [0.1, 0.15) is 0 Å². The molecule has 2 aromatic rings. The Morgan fingerprint density at radius 2 is 0.931 bits per heavy atom. The van der Waals surface area contributed by atoms with Crippen LogP contribution in [0.5, 0.6) is 0 Å². The maximum absolute atomic E-state index is 10.6. The van der Waals surface area contributed by atoms with Crippen molar-refractivity contribution >= 4 is 26.5 Å². The molecule has 3 nitrogen and oxygen atoms in total. The second-order valence-corrected chi connectivity index (χ2v) is 11.0. The smallest absolute Gasteiger partial charge is 0.688 e. The Labute approximate surface area is 222 Å². The largest absolute Gasteiger partial charge is 1.00 e. The summed E-state index contributed by atoms with van der Waals surface area (Å²) < 4.78 is 0. The Morgan fingerprint density at radius 1 is 0.552 bits per heavy atom. The SMILES string of the molecule is [Na+].[Na+].[O-][P+]([O-])([O-])CCCCCCCCCCP(c1ccccc1)c1ccccc1. The van der Waals surface area contributed by atoms with Gasteiger partial charge in [-0.05, 0) is 44.0 Å². The van der Waals surface area contributed by atoms with Gasteiger partial charge >= 0.3 is 59.1 Å². The molecule has 0 aliphatic rings. The summed E-state index contributed by atoms with van der Waals surface area (Å²) >= 11 is 0. The van der Waals surface area contributed by atoms with Gasteiger partial charge in [0, 0.05) is 6.16 Å². The van der Waals surface area contributed by atoms with Crippen LogP contribution >= 0.6 is 15.9 Å². The molecule has 0 aliphatic heterocycles. The summed E-state index contributed by atoms with van der Waals surface area (Å²) in [6.07, 6.45) is 9.48. The Morgan fingerprint density at radius 3 is 1.34 bits per heavy atom. The summed E-state index contributed by atoms with van der Waals surface area (Å²) in [5.41, 5.74) is 0. The molecule has 0 saturated carbocycles. The minimum Gasteiger partial charge on any atom is -0.688 e. The average molecular weight is 450 g/mol. The van der Waals surface area contributed by atoms with Gasteiger partial charge in [-0.15, -0.1) is 0 Å². The summed E-state index contributed by atoms with van der Waals surface area (Å²) in [5.74, 6) is 0. The molecule has 0 unspecified atom stereocenters. The third-order valence-electron chi connectivity index (χ3n) is 4.70. The van der Waals surface area contributed by atoms with Crippen LogP contribution < -0.4 is 84.4 Å². The molecular weight excluding hydrogens is 420 g/mol. The Bertz CT molecular complexity index is 585. The zero-order chi connectivity index (χ0) is 19.4. The molecule has 0 amide bonds. The van der Waals surface area contributed by atoms with Crippen molar-refractivity contribution in [2.75, 3.05) is 12.3 Å². The summed E-state index contributed by atoms with van der Waals surface area (Å²) in [5, 5.41) is 2.90. The Hall–Kier alpha value is 1.18. The van der Waals surface area contributed by atoms with Gasteiger partial charge in [-0.3, -0.25) is 0 Å². The van der Waals surface area contributed by atoms with Crippen LogP contribution in [0.1, 0.15) is 51.4 Å². The standard InChI is InChI=1S/C22H32O3P2.2Na/c23-27(24,25)20-14-6-4-2-1-3-5-13-19-26(21-15-9-7-10-16-21)22-17-11-8-12-18-22;;/h7-12,15-18H,1-6,13-14,19-20H2,(H2,23,24,25);;/q;2*+1/p-2. The molecule has 0 aliphatic carbocycles. The van der Waals surface area contributed by atoms with Gasteiger partial charge < -0.3 is 14.7 Å². The van der Waals surface area contributed by atoms with E-state index in [0.717, 1.165) is 19.3 Å². The van der Waals surface area contributed by atoms with Crippen LogP contribution in [0.4, 0.5) is 0 Å². The fraction of sp³-hybridized carbons (Fsp3) is 0.455. The molecule has 0 heterocycles. The number of rotatable bonds is 13. The van der Waals surface area contributed by atoms with Gasteiger partial charge in [0.15, 0.2) is 0 Å². The van der Waals surface area contributed by atoms with E-state index in [0.29, 0.717) is 6.42 Å². The van der Waals surface area contributed by atoms with Crippen LogP contribution in [0.3, 0.4) is 0 Å². The van der Waals surface area contributed by atoms with Gasteiger partial charge in [0.05, 0.1) is 0 Å². The number of benzene rings is 2. The van der Waals surface area contributed by atoms with Crippen LogP contribution in [-0.4, -0.2) is 12.3 Å². The van der Waals surface area contributed by atoms with E-state index in [-0.39, 0.29) is 73.2 Å². The second kappa shape index (κ2) is 17.7. The van der Waals surface area contributed by atoms with Crippen LogP contribution in [0.15, 0.2) is 60.7 Å². The first-order chi connectivity index (χ1) is 13.1. The molecule has 2 rings (SSSR count). The number of hydrogen-bond donors (Lipinski definition) is 0. The molecule has 0 N–H and O–H groups in total. The molecule has 0 aromatic heterocycles. The predicted octanol–water partition coefficient (Wildman–Crippen LogP) is -2.91. The molecule has 0 fully saturated rings. The number of hydrogen-bond acceptors (Lipinski definition) is 3. The van der Waals surface area contributed by atoms with Crippen molar-refractivity contribution < 1.29 is 73.8 Å². The van der Waals surface area contributed by atoms with E-state index < -0.39 is 7.94 Å². The van der Waals surface area contributed by atoms with E-state index in [1.54, 1.807) is 0 Å². The summed E-state index contributed by atoms with van der Waals surface area (Å²) in [6.45, 7) is 0. The fourth-order valence-electron chi connectivity index (χ4n) is 3.26. The quantitative estimate of drug-likeness (QED) is 0.187. The Kier molecular flexibility index (Phi) is 18.4. The molecule has 0 saturated heterocycles. The van der Waals surface area contributed by atoms with Crippen LogP contribution in [-0.2, 0) is 0 Å². The van der Waals surface area contributed by atoms with Crippen LogP contribution in [0.25, 0.3) is 0 Å². The van der Waals surface area contributed by atoms with E-state index in [4.69, 9.17) is 0 Å². The molecule has 0 radical (unpaired) electrons.